The molecule has 1 aromatic rings. The molecule has 0 radical (unpaired) electrons. The Bertz CT molecular complexity index is 324. The van der Waals surface area contributed by atoms with Crippen LogP contribution in [0.15, 0.2) is 5.38 Å². The van der Waals surface area contributed by atoms with E-state index in [1.54, 1.807) is 11.3 Å². The molecular formula is C9H14ClN3S. The Morgan fingerprint density at radius 2 is 2.43 bits per heavy atom. The third-order valence-electron chi connectivity index (χ3n) is 2.50. The number of aromatic nitrogens is 1. The molecule has 1 N–H and O–H groups in total. The molecule has 2 heterocycles. The zero-order valence-electron chi connectivity index (χ0n) is 8.38. The number of nitrogens with zero attached hydrogens (tertiary/aromatic N) is 2. The molecule has 14 heavy (non-hydrogen) atoms. The van der Waals surface area contributed by atoms with Gasteiger partial charge in [-0.1, -0.05) is 11.6 Å². The second-order valence-corrected chi connectivity index (χ2v) is 5.32. The summed E-state index contributed by atoms with van der Waals surface area (Å²) in [6.45, 7) is 7.44. The van der Waals surface area contributed by atoms with Gasteiger partial charge in [-0.2, -0.15) is 0 Å². The monoisotopic (exact) mass is 231 g/mol. The lowest BCUT2D eigenvalue weighted by Gasteiger charge is -2.42. The second kappa shape index (κ2) is 3.68. The Morgan fingerprint density at radius 3 is 3.00 bits per heavy atom. The van der Waals surface area contributed by atoms with Crippen LogP contribution >= 0.6 is 22.9 Å². The fraction of sp³-hybridized carbons (Fsp3) is 0.667. The summed E-state index contributed by atoms with van der Waals surface area (Å²) in [5, 5.41) is 6.89. The molecule has 0 unspecified atom stereocenters. The van der Waals surface area contributed by atoms with Crippen LogP contribution in [0.4, 0.5) is 5.13 Å². The number of halogens is 1. The number of rotatable bonds is 1. The minimum Gasteiger partial charge on any atom is -0.340 e. The van der Waals surface area contributed by atoms with E-state index in [0.29, 0.717) is 5.15 Å². The molecule has 2 rings (SSSR count). The molecule has 1 fully saturated rings. The largest absolute Gasteiger partial charge is 0.340 e. The molecule has 0 bridgehead atoms. The second-order valence-electron chi connectivity index (χ2n) is 4.09. The Labute approximate surface area is 93.1 Å². The Balaban J connectivity index is 2.23. The molecule has 3 nitrogen and oxygen atoms in total. The first-order valence-electron chi connectivity index (χ1n) is 4.69. The van der Waals surface area contributed by atoms with Crippen LogP contribution in [-0.2, 0) is 0 Å². The van der Waals surface area contributed by atoms with Crippen LogP contribution < -0.4 is 10.2 Å². The number of nitrogens with one attached hydrogen (secondary N) is 1. The molecule has 1 aliphatic heterocycles. The minimum absolute atomic E-state index is 0.124. The smallest absolute Gasteiger partial charge is 0.187 e. The number of piperazine rings is 1. The van der Waals surface area contributed by atoms with Gasteiger partial charge in [0.15, 0.2) is 5.13 Å². The summed E-state index contributed by atoms with van der Waals surface area (Å²) in [5.74, 6) is 0. The van der Waals surface area contributed by atoms with E-state index in [9.17, 15) is 0 Å². The van der Waals surface area contributed by atoms with E-state index in [1.165, 1.54) is 0 Å². The Hall–Kier alpha value is -0.320. The molecule has 1 aromatic heterocycles. The predicted octanol–water partition coefficient (Wildman–Crippen LogP) is 1.98. The quantitative estimate of drug-likeness (QED) is 0.801. The third-order valence-corrected chi connectivity index (χ3v) is 3.68. The fourth-order valence-corrected chi connectivity index (χ4v) is 2.84. The molecule has 5 heteroatoms. The predicted molar refractivity (Wildman–Crippen MR) is 61.4 cm³/mol. The summed E-state index contributed by atoms with van der Waals surface area (Å²) in [4.78, 5) is 6.63. The number of thiazole rings is 1. The molecule has 0 saturated carbocycles. The topological polar surface area (TPSA) is 28.2 Å². The van der Waals surface area contributed by atoms with E-state index in [0.717, 1.165) is 24.8 Å². The molecule has 78 valence electrons. The van der Waals surface area contributed by atoms with Crippen LogP contribution in [0.5, 0.6) is 0 Å². The highest BCUT2D eigenvalue weighted by Gasteiger charge is 2.31. The SMILES string of the molecule is CC1(C)CNCCN1c1nc(Cl)cs1. The highest BCUT2D eigenvalue weighted by atomic mass is 35.5. The normalized spacial score (nSPS) is 21.2. The van der Waals surface area contributed by atoms with Gasteiger partial charge in [0.1, 0.15) is 5.15 Å². The summed E-state index contributed by atoms with van der Waals surface area (Å²) in [6.07, 6.45) is 0. The van der Waals surface area contributed by atoms with Gasteiger partial charge >= 0.3 is 0 Å². The summed E-state index contributed by atoms with van der Waals surface area (Å²) in [6, 6.07) is 0. The van der Waals surface area contributed by atoms with Gasteiger partial charge in [0.2, 0.25) is 0 Å². The molecule has 0 spiro atoms. The van der Waals surface area contributed by atoms with Crippen LogP contribution in [0.25, 0.3) is 0 Å². The van der Waals surface area contributed by atoms with Crippen molar-refractivity contribution in [2.24, 2.45) is 0 Å². The molecule has 0 aliphatic carbocycles. The maximum atomic E-state index is 5.83. The van der Waals surface area contributed by atoms with Gasteiger partial charge < -0.3 is 10.2 Å². The van der Waals surface area contributed by atoms with E-state index in [2.05, 4.69) is 29.0 Å². The summed E-state index contributed by atoms with van der Waals surface area (Å²) in [7, 11) is 0. The van der Waals surface area contributed by atoms with Crippen molar-refractivity contribution >= 4 is 28.1 Å². The summed E-state index contributed by atoms with van der Waals surface area (Å²) >= 11 is 7.44. The third kappa shape index (κ3) is 1.87. The molecule has 1 saturated heterocycles. The molecule has 0 amide bonds. The lowest BCUT2D eigenvalue weighted by Crippen LogP contribution is -2.58. The first-order valence-corrected chi connectivity index (χ1v) is 5.95. The van der Waals surface area contributed by atoms with Crippen molar-refractivity contribution in [2.45, 2.75) is 19.4 Å². The molecule has 1 aliphatic rings. The Morgan fingerprint density at radius 1 is 1.64 bits per heavy atom. The molecule has 0 aromatic carbocycles. The van der Waals surface area contributed by atoms with Gasteiger partial charge in [0.25, 0.3) is 0 Å². The van der Waals surface area contributed by atoms with Crippen molar-refractivity contribution in [1.82, 2.24) is 10.3 Å². The van der Waals surface area contributed by atoms with Gasteiger partial charge in [0.05, 0.1) is 0 Å². The highest BCUT2D eigenvalue weighted by Crippen LogP contribution is 2.29. The van der Waals surface area contributed by atoms with Crippen molar-refractivity contribution in [2.75, 3.05) is 24.5 Å². The maximum absolute atomic E-state index is 5.83. The van der Waals surface area contributed by atoms with Crippen LogP contribution in [0.3, 0.4) is 0 Å². The zero-order valence-corrected chi connectivity index (χ0v) is 9.95. The van der Waals surface area contributed by atoms with Crippen molar-refractivity contribution in [3.63, 3.8) is 0 Å². The summed E-state index contributed by atoms with van der Waals surface area (Å²) < 4.78 is 0. The van der Waals surface area contributed by atoms with E-state index < -0.39 is 0 Å². The van der Waals surface area contributed by atoms with Crippen molar-refractivity contribution in [3.8, 4) is 0 Å². The van der Waals surface area contributed by atoms with Gasteiger partial charge in [-0.3, -0.25) is 0 Å². The number of anilines is 1. The first kappa shape index (κ1) is 10.2. The number of hydrogen-bond acceptors (Lipinski definition) is 4. The van der Waals surface area contributed by atoms with Gasteiger partial charge in [0, 0.05) is 30.6 Å². The Kier molecular flexibility index (Phi) is 2.68. The molecular weight excluding hydrogens is 218 g/mol. The van der Waals surface area contributed by atoms with Crippen LogP contribution in [0.1, 0.15) is 13.8 Å². The first-order chi connectivity index (χ1) is 6.59. The lowest BCUT2D eigenvalue weighted by atomic mass is 10.0. The average Bonchev–Trinajstić information content (AvgIpc) is 2.51. The number of hydrogen-bond donors (Lipinski definition) is 1. The summed E-state index contributed by atoms with van der Waals surface area (Å²) in [5.41, 5.74) is 0.124. The van der Waals surface area contributed by atoms with Crippen molar-refractivity contribution in [3.05, 3.63) is 10.5 Å². The fourth-order valence-electron chi connectivity index (χ4n) is 1.71. The van der Waals surface area contributed by atoms with Crippen LogP contribution in [0, 0.1) is 0 Å². The van der Waals surface area contributed by atoms with Crippen molar-refractivity contribution < 1.29 is 0 Å². The highest BCUT2D eigenvalue weighted by molar-refractivity contribution is 7.14. The standard InChI is InChI=1S/C9H14ClN3S/c1-9(2)6-11-3-4-13(9)8-12-7(10)5-14-8/h5,11H,3-4,6H2,1-2H3. The van der Waals surface area contributed by atoms with Gasteiger partial charge in [-0.25, -0.2) is 4.98 Å². The van der Waals surface area contributed by atoms with Gasteiger partial charge in [-0.15, -0.1) is 11.3 Å². The van der Waals surface area contributed by atoms with Crippen LogP contribution in [0.2, 0.25) is 5.15 Å². The van der Waals surface area contributed by atoms with Crippen molar-refractivity contribution in [1.29, 1.82) is 0 Å². The molecule has 0 atom stereocenters. The van der Waals surface area contributed by atoms with Gasteiger partial charge in [-0.05, 0) is 13.8 Å². The zero-order chi connectivity index (χ0) is 10.2. The minimum atomic E-state index is 0.124. The van der Waals surface area contributed by atoms with E-state index in [1.807, 2.05) is 5.38 Å². The van der Waals surface area contributed by atoms with Crippen LogP contribution in [-0.4, -0.2) is 30.2 Å². The van der Waals surface area contributed by atoms with E-state index in [4.69, 9.17) is 11.6 Å². The lowest BCUT2D eigenvalue weighted by molar-refractivity contribution is 0.380. The van der Waals surface area contributed by atoms with E-state index >= 15 is 0 Å². The van der Waals surface area contributed by atoms with E-state index in [-0.39, 0.29) is 5.54 Å². The average molecular weight is 232 g/mol. The maximum Gasteiger partial charge on any atom is 0.187 e.